The third kappa shape index (κ3) is 4.81. The number of nitrogens with zero attached hydrogens (tertiary/aromatic N) is 3. The van der Waals surface area contributed by atoms with E-state index >= 15 is 0 Å². The van der Waals surface area contributed by atoms with Crippen molar-refractivity contribution in [3.05, 3.63) is 76.1 Å². The smallest absolute Gasteiger partial charge is 0.257 e. The highest BCUT2D eigenvalue weighted by Crippen LogP contribution is 2.28. The third-order valence-electron chi connectivity index (χ3n) is 6.25. The lowest BCUT2D eigenvalue weighted by Crippen LogP contribution is -2.47. The number of amides is 2. The second kappa shape index (κ2) is 9.91. The van der Waals surface area contributed by atoms with Gasteiger partial charge in [-0.05, 0) is 69.4 Å². The molecule has 2 heterocycles. The van der Waals surface area contributed by atoms with Crippen molar-refractivity contribution in [3.8, 4) is 11.4 Å². The number of aromatic nitrogens is 1. The lowest BCUT2D eigenvalue weighted by molar-refractivity contribution is 0.0664. The Labute approximate surface area is 204 Å². The van der Waals surface area contributed by atoms with E-state index < -0.39 is 0 Å². The van der Waals surface area contributed by atoms with Gasteiger partial charge in [-0.25, -0.2) is 0 Å². The normalized spacial score (nSPS) is 14.2. The molecule has 34 heavy (non-hydrogen) atoms. The molecule has 1 saturated heterocycles. The van der Waals surface area contributed by atoms with Crippen LogP contribution in [-0.2, 0) is 0 Å². The van der Waals surface area contributed by atoms with E-state index in [1.54, 1.807) is 25.3 Å². The number of methoxy groups -OCH3 is 1. The van der Waals surface area contributed by atoms with E-state index in [1.807, 2.05) is 60.7 Å². The Morgan fingerprint density at radius 1 is 0.971 bits per heavy atom. The van der Waals surface area contributed by atoms with Gasteiger partial charge >= 0.3 is 0 Å². The number of halogens is 1. The fraction of sp³-hybridized carbons (Fsp3) is 0.308. The van der Waals surface area contributed by atoms with E-state index in [0.717, 1.165) is 30.2 Å². The SMILES string of the molecule is COc1ccc(C(=O)N2CCN(C)CC2)cc1NC(=O)c1cc(C)n(-c2ccc(Cl)cc2)c1C. The molecule has 7 nitrogen and oxygen atoms in total. The van der Waals surface area contributed by atoms with Gasteiger partial charge in [0.05, 0.1) is 18.4 Å². The van der Waals surface area contributed by atoms with Crippen LogP contribution in [-0.4, -0.2) is 66.5 Å². The summed E-state index contributed by atoms with van der Waals surface area (Å²) in [5.74, 6) is 0.178. The highest BCUT2D eigenvalue weighted by molar-refractivity contribution is 6.30. The van der Waals surface area contributed by atoms with Gasteiger partial charge in [-0.1, -0.05) is 11.6 Å². The van der Waals surface area contributed by atoms with Crippen LogP contribution in [0.3, 0.4) is 0 Å². The molecule has 1 N–H and O–H groups in total. The van der Waals surface area contributed by atoms with Crippen molar-refractivity contribution < 1.29 is 14.3 Å². The Morgan fingerprint density at radius 2 is 1.65 bits per heavy atom. The van der Waals surface area contributed by atoms with Gasteiger partial charge in [-0.3, -0.25) is 9.59 Å². The molecule has 0 radical (unpaired) electrons. The fourth-order valence-corrected chi connectivity index (χ4v) is 4.43. The first-order valence-corrected chi connectivity index (χ1v) is 11.6. The van der Waals surface area contributed by atoms with Gasteiger partial charge in [0.2, 0.25) is 0 Å². The standard InChI is InChI=1S/C26H29ClN4O3/c1-17-15-22(18(2)31(17)21-8-6-20(27)7-9-21)25(32)28-23-16-19(5-10-24(23)34-4)26(33)30-13-11-29(3)12-14-30/h5-10,15-16H,11-14H2,1-4H3,(H,28,32). The molecule has 0 atom stereocenters. The molecular weight excluding hydrogens is 452 g/mol. The van der Waals surface area contributed by atoms with Crippen molar-refractivity contribution >= 4 is 29.1 Å². The summed E-state index contributed by atoms with van der Waals surface area (Å²) in [6.45, 7) is 6.90. The van der Waals surface area contributed by atoms with Gasteiger partial charge in [0.15, 0.2) is 0 Å². The Balaban J connectivity index is 1.59. The Kier molecular flexibility index (Phi) is 6.95. The number of hydrogen-bond acceptors (Lipinski definition) is 4. The van der Waals surface area contributed by atoms with Gasteiger partial charge in [-0.2, -0.15) is 0 Å². The van der Waals surface area contributed by atoms with Crippen LogP contribution < -0.4 is 10.1 Å². The molecule has 0 bridgehead atoms. The molecule has 0 saturated carbocycles. The number of likely N-dealkylation sites (N-methyl/N-ethyl adjacent to an activating group) is 1. The van der Waals surface area contributed by atoms with Crippen LogP contribution in [0.25, 0.3) is 5.69 Å². The molecule has 0 spiro atoms. The quantitative estimate of drug-likeness (QED) is 0.588. The molecule has 0 unspecified atom stereocenters. The Bertz CT molecular complexity index is 1210. The number of rotatable bonds is 5. The van der Waals surface area contributed by atoms with Gasteiger partial charge in [-0.15, -0.1) is 0 Å². The van der Waals surface area contributed by atoms with Crippen LogP contribution in [0.15, 0.2) is 48.5 Å². The van der Waals surface area contributed by atoms with Crippen molar-refractivity contribution in [3.63, 3.8) is 0 Å². The molecule has 1 aliphatic heterocycles. The molecule has 1 aromatic heterocycles. The van der Waals surface area contributed by atoms with Gasteiger partial charge in [0.25, 0.3) is 11.8 Å². The maximum atomic E-state index is 13.3. The number of hydrogen-bond donors (Lipinski definition) is 1. The van der Waals surface area contributed by atoms with Crippen LogP contribution in [0, 0.1) is 13.8 Å². The summed E-state index contributed by atoms with van der Waals surface area (Å²) in [4.78, 5) is 30.3. The average molecular weight is 481 g/mol. The fourth-order valence-electron chi connectivity index (χ4n) is 4.30. The monoisotopic (exact) mass is 480 g/mol. The topological polar surface area (TPSA) is 66.8 Å². The summed E-state index contributed by atoms with van der Waals surface area (Å²) in [7, 11) is 3.59. The van der Waals surface area contributed by atoms with Gasteiger partial charge in [0, 0.05) is 53.8 Å². The van der Waals surface area contributed by atoms with E-state index in [2.05, 4.69) is 10.2 Å². The summed E-state index contributed by atoms with van der Waals surface area (Å²) >= 11 is 6.03. The zero-order valence-electron chi connectivity index (χ0n) is 19.9. The number of benzene rings is 2. The van der Waals surface area contributed by atoms with Gasteiger partial charge in [0.1, 0.15) is 5.75 Å². The summed E-state index contributed by atoms with van der Waals surface area (Å²) in [6, 6.07) is 14.5. The summed E-state index contributed by atoms with van der Waals surface area (Å²) in [5.41, 5.74) is 4.19. The lowest BCUT2D eigenvalue weighted by atomic mass is 10.1. The molecule has 1 fully saturated rings. The molecule has 2 aromatic carbocycles. The highest BCUT2D eigenvalue weighted by Gasteiger charge is 2.23. The number of carbonyl (C=O) groups excluding carboxylic acids is 2. The molecular formula is C26H29ClN4O3. The summed E-state index contributed by atoms with van der Waals surface area (Å²) < 4.78 is 7.46. The van der Waals surface area contributed by atoms with Crippen molar-refractivity contribution in [2.75, 3.05) is 45.7 Å². The van der Waals surface area contributed by atoms with E-state index in [-0.39, 0.29) is 11.8 Å². The minimum Gasteiger partial charge on any atom is -0.495 e. The second-order valence-corrected chi connectivity index (χ2v) is 9.00. The maximum absolute atomic E-state index is 13.3. The van der Waals surface area contributed by atoms with E-state index in [4.69, 9.17) is 16.3 Å². The summed E-state index contributed by atoms with van der Waals surface area (Å²) in [6.07, 6.45) is 0. The van der Waals surface area contributed by atoms with Crippen LogP contribution in [0.4, 0.5) is 5.69 Å². The Hall–Kier alpha value is -3.29. The van der Waals surface area contributed by atoms with Crippen molar-refractivity contribution in [1.82, 2.24) is 14.4 Å². The largest absolute Gasteiger partial charge is 0.495 e. The number of ether oxygens (including phenoxy) is 1. The highest BCUT2D eigenvalue weighted by atomic mass is 35.5. The predicted molar refractivity (Wildman–Crippen MR) is 135 cm³/mol. The second-order valence-electron chi connectivity index (χ2n) is 8.56. The zero-order valence-corrected chi connectivity index (χ0v) is 20.6. The van der Waals surface area contributed by atoms with E-state index in [0.29, 0.717) is 40.7 Å². The maximum Gasteiger partial charge on any atom is 0.257 e. The number of nitrogens with one attached hydrogen (secondary N) is 1. The van der Waals surface area contributed by atoms with E-state index in [9.17, 15) is 9.59 Å². The molecule has 178 valence electrons. The molecule has 2 amide bonds. The average Bonchev–Trinajstić information content (AvgIpc) is 3.13. The molecule has 4 rings (SSSR count). The number of aryl methyl sites for hydroxylation is 1. The van der Waals surface area contributed by atoms with Crippen molar-refractivity contribution in [2.45, 2.75) is 13.8 Å². The third-order valence-corrected chi connectivity index (χ3v) is 6.50. The number of anilines is 1. The molecule has 8 heteroatoms. The van der Waals surface area contributed by atoms with Gasteiger partial charge < -0.3 is 24.4 Å². The first-order chi connectivity index (χ1) is 16.3. The van der Waals surface area contributed by atoms with E-state index in [1.165, 1.54) is 0 Å². The van der Waals surface area contributed by atoms with Crippen LogP contribution >= 0.6 is 11.6 Å². The van der Waals surface area contributed by atoms with Crippen molar-refractivity contribution in [2.24, 2.45) is 0 Å². The first-order valence-electron chi connectivity index (χ1n) is 11.2. The van der Waals surface area contributed by atoms with Crippen LogP contribution in [0.1, 0.15) is 32.1 Å². The molecule has 0 aliphatic carbocycles. The van der Waals surface area contributed by atoms with Crippen molar-refractivity contribution in [1.29, 1.82) is 0 Å². The lowest BCUT2D eigenvalue weighted by Gasteiger charge is -2.32. The zero-order chi connectivity index (χ0) is 24.4. The molecule has 3 aromatic rings. The molecule has 1 aliphatic rings. The van der Waals surface area contributed by atoms with Crippen LogP contribution in [0.2, 0.25) is 5.02 Å². The minimum atomic E-state index is -0.268. The summed E-state index contributed by atoms with van der Waals surface area (Å²) in [5, 5.41) is 3.60. The predicted octanol–water partition coefficient (Wildman–Crippen LogP) is 4.40. The number of carbonyl (C=O) groups is 2. The van der Waals surface area contributed by atoms with Crippen LogP contribution in [0.5, 0.6) is 5.75 Å². The number of piperazine rings is 1. The first kappa shape index (κ1) is 23.9. The minimum absolute atomic E-state index is 0.0489. The Morgan fingerprint density at radius 3 is 2.29 bits per heavy atom.